The summed E-state index contributed by atoms with van der Waals surface area (Å²) in [5, 5.41) is 11.7. The minimum absolute atomic E-state index is 0.351. The predicted molar refractivity (Wildman–Crippen MR) is 78.8 cm³/mol. The van der Waals surface area contributed by atoms with E-state index in [2.05, 4.69) is 22.4 Å². The van der Waals surface area contributed by atoms with E-state index in [4.69, 9.17) is 16.3 Å². The summed E-state index contributed by atoms with van der Waals surface area (Å²) in [4.78, 5) is 0. The molecule has 20 heavy (non-hydrogen) atoms. The molecule has 0 aliphatic heterocycles. The maximum atomic E-state index is 6.23. The molecule has 0 radical (unpaired) electrons. The van der Waals surface area contributed by atoms with Gasteiger partial charge in [-0.05, 0) is 30.7 Å². The molecule has 2 rings (SSSR count). The lowest BCUT2D eigenvalue weighted by Crippen LogP contribution is -2.13. The van der Waals surface area contributed by atoms with Gasteiger partial charge in [0, 0.05) is 13.6 Å². The summed E-state index contributed by atoms with van der Waals surface area (Å²) in [5.74, 6) is 1.42. The van der Waals surface area contributed by atoms with E-state index in [0.29, 0.717) is 17.4 Å². The Hall–Kier alpha value is -1.59. The molecule has 0 spiro atoms. The lowest BCUT2D eigenvalue weighted by atomic mass is 10.2. The van der Waals surface area contributed by atoms with Crippen LogP contribution >= 0.6 is 11.6 Å². The molecule has 0 amide bonds. The molecule has 0 unspecified atom stereocenters. The van der Waals surface area contributed by atoms with Crippen LogP contribution in [-0.4, -0.2) is 21.3 Å². The summed E-state index contributed by atoms with van der Waals surface area (Å²) in [5.41, 5.74) is 1.15. The standard InChI is InChI=1S/C14H19ClN4O/c1-3-6-16-8-11-4-5-13(12(15)7-11)20-9-14-18-17-10-19(14)2/h4-5,7,10,16H,3,6,8-9H2,1-2H3. The fourth-order valence-corrected chi connectivity index (χ4v) is 2.02. The Labute approximate surface area is 123 Å². The fraction of sp³-hybridized carbons (Fsp3) is 0.429. The molecule has 2 aromatic rings. The third kappa shape index (κ3) is 3.95. The molecule has 0 saturated heterocycles. The lowest BCUT2D eigenvalue weighted by Gasteiger charge is -2.09. The first kappa shape index (κ1) is 14.8. The Balaban J connectivity index is 1.94. The van der Waals surface area contributed by atoms with Crippen LogP contribution in [0.4, 0.5) is 0 Å². The number of aryl methyl sites for hydroxylation is 1. The topological polar surface area (TPSA) is 52.0 Å². The van der Waals surface area contributed by atoms with Crippen molar-refractivity contribution >= 4 is 11.6 Å². The molecular weight excluding hydrogens is 276 g/mol. The smallest absolute Gasteiger partial charge is 0.170 e. The van der Waals surface area contributed by atoms with Crippen molar-refractivity contribution < 1.29 is 4.74 Å². The largest absolute Gasteiger partial charge is 0.484 e. The summed E-state index contributed by atoms with van der Waals surface area (Å²) in [6.45, 7) is 4.31. The highest BCUT2D eigenvalue weighted by molar-refractivity contribution is 6.32. The maximum Gasteiger partial charge on any atom is 0.170 e. The molecule has 0 aliphatic rings. The van der Waals surface area contributed by atoms with Crippen molar-refractivity contribution in [3.63, 3.8) is 0 Å². The van der Waals surface area contributed by atoms with Crippen LogP contribution in [0.2, 0.25) is 5.02 Å². The zero-order valence-corrected chi connectivity index (χ0v) is 12.5. The van der Waals surface area contributed by atoms with Crippen LogP contribution in [0.3, 0.4) is 0 Å². The summed E-state index contributed by atoms with van der Waals surface area (Å²) < 4.78 is 7.48. The zero-order chi connectivity index (χ0) is 14.4. The summed E-state index contributed by atoms with van der Waals surface area (Å²) in [6, 6.07) is 5.83. The second-order valence-electron chi connectivity index (χ2n) is 4.59. The average molecular weight is 295 g/mol. The minimum atomic E-state index is 0.351. The summed E-state index contributed by atoms with van der Waals surface area (Å²) in [6.07, 6.45) is 2.76. The van der Waals surface area contributed by atoms with Crippen LogP contribution in [0.1, 0.15) is 24.7 Å². The second kappa shape index (κ2) is 7.26. The van der Waals surface area contributed by atoms with E-state index in [-0.39, 0.29) is 0 Å². The van der Waals surface area contributed by atoms with Crippen LogP contribution in [0.15, 0.2) is 24.5 Å². The van der Waals surface area contributed by atoms with Crippen LogP contribution in [0.5, 0.6) is 5.75 Å². The van der Waals surface area contributed by atoms with Crippen molar-refractivity contribution in [1.29, 1.82) is 0 Å². The van der Waals surface area contributed by atoms with Crippen LogP contribution in [0, 0.1) is 0 Å². The highest BCUT2D eigenvalue weighted by Crippen LogP contribution is 2.26. The number of hydrogen-bond acceptors (Lipinski definition) is 4. The first-order valence-corrected chi connectivity index (χ1v) is 7.03. The van der Waals surface area contributed by atoms with Crippen molar-refractivity contribution in [2.75, 3.05) is 6.54 Å². The Morgan fingerprint density at radius 3 is 2.90 bits per heavy atom. The number of hydrogen-bond donors (Lipinski definition) is 1. The van der Waals surface area contributed by atoms with E-state index in [9.17, 15) is 0 Å². The Morgan fingerprint density at radius 2 is 2.25 bits per heavy atom. The molecule has 1 N–H and O–H groups in total. The van der Waals surface area contributed by atoms with Crippen molar-refractivity contribution in [3.8, 4) is 5.75 Å². The molecule has 0 atom stereocenters. The second-order valence-corrected chi connectivity index (χ2v) is 5.00. The predicted octanol–water partition coefficient (Wildman–Crippen LogP) is 2.55. The monoisotopic (exact) mass is 294 g/mol. The van der Waals surface area contributed by atoms with E-state index >= 15 is 0 Å². The van der Waals surface area contributed by atoms with Crippen molar-refractivity contribution in [2.45, 2.75) is 26.5 Å². The molecule has 0 saturated carbocycles. The Morgan fingerprint density at radius 1 is 1.40 bits per heavy atom. The van der Waals surface area contributed by atoms with Gasteiger partial charge in [0.15, 0.2) is 5.82 Å². The number of ether oxygens (including phenoxy) is 1. The van der Waals surface area contributed by atoms with Crippen LogP contribution in [-0.2, 0) is 20.2 Å². The molecule has 1 aromatic heterocycles. The third-order valence-corrected chi connectivity index (χ3v) is 3.21. The Kier molecular flexibility index (Phi) is 5.38. The van der Waals surface area contributed by atoms with Gasteiger partial charge in [-0.25, -0.2) is 0 Å². The van der Waals surface area contributed by atoms with E-state index in [1.807, 2.05) is 29.8 Å². The van der Waals surface area contributed by atoms with Crippen LogP contribution < -0.4 is 10.1 Å². The summed E-state index contributed by atoms with van der Waals surface area (Å²) >= 11 is 6.23. The molecule has 5 nitrogen and oxygen atoms in total. The minimum Gasteiger partial charge on any atom is -0.484 e. The van der Waals surface area contributed by atoms with Crippen LogP contribution in [0.25, 0.3) is 0 Å². The molecule has 108 valence electrons. The maximum absolute atomic E-state index is 6.23. The zero-order valence-electron chi connectivity index (χ0n) is 11.8. The van der Waals surface area contributed by atoms with Gasteiger partial charge in [-0.15, -0.1) is 10.2 Å². The molecular formula is C14H19ClN4O. The average Bonchev–Trinajstić information content (AvgIpc) is 2.84. The van der Waals surface area contributed by atoms with Gasteiger partial charge in [-0.2, -0.15) is 0 Å². The quantitative estimate of drug-likeness (QED) is 0.797. The highest BCUT2D eigenvalue weighted by atomic mass is 35.5. The van der Waals surface area contributed by atoms with Crippen molar-refractivity contribution in [3.05, 3.63) is 40.9 Å². The van der Waals surface area contributed by atoms with Gasteiger partial charge < -0.3 is 14.6 Å². The molecule has 0 fully saturated rings. The molecule has 1 heterocycles. The fourth-order valence-electron chi connectivity index (χ4n) is 1.76. The molecule has 1 aromatic carbocycles. The number of aromatic nitrogens is 3. The first-order chi connectivity index (χ1) is 9.70. The van der Waals surface area contributed by atoms with E-state index < -0.39 is 0 Å². The Bertz CT molecular complexity index is 556. The number of halogens is 1. The lowest BCUT2D eigenvalue weighted by molar-refractivity contribution is 0.291. The van der Waals surface area contributed by atoms with Gasteiger partial charge in [0.25, 0.3) is 0 Å². The van der Waals surface area contributed by atoms with E-state index in [1.165, 1.54) is 0 Å². The molecule has 0 aliphatic carbocycles. The number of nitrogens with zero attached hydrogens (tertiary/aromatic N) is 3. The molecule has 0 bridgehead atoms. The number of benzene rings is 1. The third-order valence-electron chi connectivity index (χ3n) is 2.91. The van der Waals surface area contributed by atoms with Gasteiger partial charge >= 0.3 is 0 Å². The van der Waals surface area contributed by atoms with E-state index in [0.717, 1.165) is 30.9 Å². The van der Waals surface area contributed by atoms with Gasteiger partial charge in [0.1, 0.15) is 18.7 Å². The van der Waals surface area contributed by atoms with Gasteiger partial charge in [-0.1, -0.05) is 24.6 Å². The van der Waals surface area contributed by atoms with Crippen molar-refractivity contribution in [1.82, 2.24) is 20.1 Å². The van der Waals surface area contributed by atoms with Gasteiger partial charge in [0.05, 0.1) is 5.02 Å². The summed E-state index contributed by atoms with van der Waals surface area (Å²) in [7, 11) is 1.88. The van der Waals surface area contributed by atoms with Crippen molar-refractivity contribution in [2.24, 2.45) is 7.05 Å². The normalized spacial score (nSPS) is 10.8. The van der Waals surface area contributed by atoms with E-state index in [1.54, 1.807) is 6.33 Å². The highest BCUT2D eigenvalue weighted by Gasteiger charge is 2.06. The molecule has 6 heteroatoms. The number of nitrogens with one attached hydrogen (secondary N) is 1. The first-order valence-electron chi connectivity index (χ1n) is 6.65. The SMILES string of the molecule is CCCNCc1ccc(OCc2nncn2C)c(Cl)c1. The van der Waals surface area contributed by atoms with Gasteiger partial charge in [-0.3, -0.25) is 0 Å². The number of rotatable bonds is 7. The van der Waals surface area contributed by atoms with Gasteiger partial charge in [0.2, 0.25) is 0 Å².